The predicted octanol–water partition coefficient (Wildman–Crippen LogP) is 5.30. The minimum absolute atomic E-state index is 0.184. The Bertz CT molecular complexity index is 994. The van der Waals surface area contributed by atoms with Gasteiger partial charge >= 0.3 is 6.18 Å². The van der Waals surface area contributed by atoms with Crippen LogP contribution < -0.4 is 10.1 Å². The number of alkyl halides is 3. The average Bonchev–Trinajstić information content (AvgIpc) is 2.60. The van der Waals surface area contributed by atoms with Crippen molar-refractivity contribution in [3.63, 3.8) is 0 Å². The number of fused-ring (bicyclic) bond motifs is 1. The maximum atomic E-state index is 13.2. The van der Waals surface area contributed by atoms with Gasteiger partial charge in [0.2, 0.25) is 5.88 Å². The molecule has 9 heteroatoms. The molecule has 0 radical (unpaired) electrons. The molecule has 0 spiro atoms. The molecule has 3 aromatic rings. The van der Waals surface area contributed by atoms with Crippen LogP contribution in [0.3, 0.4) is 0 Å². The normalized spacial score (nSPS) is 12.9. The van der Waals surface area contributed by atoms with Crippen LogP contribution in [0.25, 0.3) is 10.9 Å². The van der Waals surface area contributed by atoms with Crippen molar-refractivity contribution < 1.29 is 17.9 Å². The van der Waals surface area contributed by atoms with Crippen LogP contribution in [0.1, 0.15) is 29.7 Å². The molecule has 0 bridgehead atoms. The highest BCUT2D eigenvalue weighted by atomic mass is 79.9. The summed E-state index contributed by atoms with van der Waals surface area (Å²) in [5, 5.41) is 3.82. The molecule has 0 aliphatic rings. The van der Waals surface area contributed by atoms with E-state index < -0.39 is 17.8 Å². The number of aromatic nitrogens is 3. The molecular formula is C18H16BrF3N4O. The average molecular weight is 441 g/mol. The fourth-order valence-electron chi connectivity index (χ4n) is 2.97. The van der Waals surface area contributed by atoms with E-state index in [1.807, 2.05) is 0 Å². The zero-order valence-electron chi connectivity index (χ0n) is 14.7. The van der Waals surface area contributed by atoms with E-state index in [0.29, 0.717) is 32.8 Å². The van der Waals surface area contributed by atoms with E-state index in [9.17, 15) is 13.2 Å². The minimum Gasteiger partial charge on any atom is -0.479 e. The van der Waals surface area contributed by atoms with Crippen molar-refractivity contribution in [2.24, 2.45) is 0 Å². The lowest BCUT2D eigenvalue weighted by Crippen LogP contribution is -2.14. The van der Waals surface area contributed by atoms with E-state index in [-0.39, 0.29) is 5.56 Å². The highest BCUT2D eigenvalue weighted by molar-refractivity contribution is 9.10. The van der Waals surface area contributed by atoms with E-state index in [1.54, 1.807) is 19.1 Å². The first-order valence-corrected chi connectivity index (χ1v) is 8.80. The van der Waals surface area contributed by atoms with Gasteiger partial charge < -0.3 is 10.1 Å². The largest absolute Gasteiger partial charge is 0.479 e. The SMILES string of the molecule is COc1nc(Br)cc2c(NC(C)c3cccc(C(F)(F)F)c3C)ncnc12. The Morgan fingerprint density at radius 3 is 2.63 bits per heavy atom. The molecule has 0 saturated heterocycles. The first-order chi connectivity index (χ1) is 12.7. The maximum Gasteiger partial charge on any atom is 0.416 e. The lowest BCUT2D eigenvalue weighted by atomic mass is 9.97. The van der Waals surface area contributed by atoms with Gasteiger partial charge in [0.15, 0.2) is 0 Å². The number of hydrogen-bond donors (Lipinski definition) is 1. The van der Waals surface area contributed by atoms with Crippen LogP contribution in [0.5, 0.6) is 5.88 Å². The number of benzene rings is 1. The molecule has 0 amide bonds. The molecular weight excluding hydrogens is 425 g/mol. The number of nitrogens with one attached hydrogen (secondary N) is 1. The van der Waals surface area contributed by atoms with Gasteiger partial charge in [-0.3, -0.25) is 0 Å². The molecule has 1 atom stereocenters. The molecule has 0 fully saturated rings. The number of anilines is 1. The molecule has 0 aliphatic carbocycles. The third kappa shape index (κ3) is 3.83. The fraction of sp³-hybridized carbons (Fsp3) is 0.278. The summed E-state index contributed by atoms with van der Waals surface area (Å²) in [4.78, 5) is 12.6. The van der Waals surface area contributed by atoms with Crippen LogP contribution in [0.4, 0.5) is 19.0 Å². The second-order valence-corrected chi connectivity index (χ2v) is 6.77. The predicted molar refractivity (Wildman–Crippen MR) is 99.8 cm³/mol. The Labute approximate surface area is 162 Å². The third-order valence-corrected chi connectivity index (χ3v) is 4.66. The summed E-state index contributed by atoms with van der Waals surface area (Å²) in [6, 6.07) is 5.48. The molecule has 0 saturated carbocycles. The summed E-state index contributed by atoms with van der Waals surface area (Å²) in [7, 11) is 1.48. The summed E-state index contributed by atoms with van der Waals surface area (Å²) in [6.07, 6.45) is -3.04. The second-order valence-electron chi connectivity index (χ2n) is 5.96. The van der Waals surface area contributed by atoms with Gasteiger partial charge in [0.1, 0.15) is 22.3 Å². The van der Waals surface area contributed by atoms with Crippen molar-refractivity contribution in [2.45, 2.75) is 26.1 Å². The van der Waals surface area contributed by atoms with Crippen molar-refractivity contribution in [3.8, 4) is 5.88 Å². The van der Waals surface area contributed by atoms with Crippen LogP contribution in [-0.4, -0.2) is 22.1 Å². The number of methoxy groups -OCH3 is 1. The number of nitrogens with zero attached hydrogens (tertiary/aromatic N) is 3. The van der Waals surface area contributed by atoms with Crippen LogP contribution in [0.15, 0.2) is 35.2 Å². The summed E-state index contributed by atoms with van der Waals surface area (Å²) in [5.74, 6) is 0.804. The molecule has 5 nitrogen and oxygen atoms in total. The lowest BCUT2D eigenvalue weighted by molar-refractivity contribution is -0.138. The highest BCUT2D eigenvalue weighted by Gasteiger charge is 2.33. The van der Waals surface area contributed by atoms with Gasteiger partial charge in [-0.25, -0.2) is 15.0 Å². The Morgan fingerprint density at radius 2 is 1.96 bits per heavy atom. The van der Waals surface area contributed by atoms with E-state index in [1.165, 1.54) is 26.4 Å². The lowest BCUT2D eigenvalue weighted by Gasteiger charge is -2.21. The first-order valence-electron chi connectivity index (χ1n) is 8.01. The number of halogens is 4. The van der Waals surface area contributed by atoms with Crippen LogP contribution in [-0.2, 0) is 6.18 Å². The smallest absolute Gasteiger partial charge is 0.416 e. The molecule has 1 N–H and O–H groups in total. The van der Waals surface area contributed by atoms with Gasteiger partial charge in [-0.05, 0) is 53.0 Å². The van der Waals surface area contributed by atoms with E-state index in [4.69, 9.17) is 4.74 Å². The van der Waals surface area contributed by atoms with Crippen molar-refractivity contribution in [2.75, 3.05) is 12.4 Å². The Balaban J connectivity index is 2.03. The highest BCUT2D eigenvalue weighted by Crippen LogP contribution is 2.36. The second kappa shape index (κ2) is 7.30. The van der Waals surface area contributed by atoms with Gasteiger partial charge in [0.25, 0.3) is 0 Å². The molecule has 2 heterocycles. The Kier molecular flexibility index (Phi) is 5.23. The molecule has 142 valence electrons. The van der Waals surface area contributed by atoms with Gasteiger partial charge in [0, 0.05) is 0 Å². The summed E-state index contributed by atoms with van der Waals surface area (Å²) >= 11 is 3.31. The van der Waals surface area contributed by atoms with Gasteiger partial charge in [0.05, 0.1) is 24.1 Å². The first kappa shape index (κ1) is 19.3. The minimum atomic E-state index is -4.40. The van der Waals surface area contributed by atoms with Gasteiger partial charge in [-0.1, -0.05) is 12.1 Å². The fourth-order valence-corrected chi connectivity index (χ4v) is 3.36. The molecule has 27 heavy (non-hydrogen) atoms. The number of hydrogen-bond acceptors (Lipinski definition) is 5. The van der Waals surface area contributed by atoms with Crippen molar-refractivity contribution >= 4 is 32.7 Å². The topological polar surface area (TPSA) is 59.9 Å². The molecule has 2 aromatic heterocycles. The zero-order chi connectivity index (χ0) is 19.8. The van der Waals surface area contributed by atoms with E-state index in [2.05, 4.69) is 36.2 Å². The summed E-state index contributed by atoms with van der Waals surface area (Å²) in [6.45, 7) is 3.25. The monoisotopic (exact) mass is 440 g/mol. The summed E-state index contributed by atoms with van der Waals surface area (Å²) < 4.78 is 45.3. The Hall–Kier alpha value is -2.42. The molecule has 1 unspecified atom stereocenters. The standard InChI is InChI=1S/C18H16BrF3N4O/c1-9-11(5-4-6-13(9)18(20,21)22)10(2)25-16-12-7-14(19)26-17(27-3)15(12)23-8-24-16/h4-8,10H,1-3H3,(H,23,24,25). The molecule has 1 aromatic carbocycles. The van der Waals surface area contributed by atoms with Crippen LogP contribution >= 0.6 is 15.9 Å². The number of pyridine rings is 1. The van der Waals surface area contributed by atoms with E-state index >= 15 is 0 Å². The van der Waals surface area contributed by atoms with Gasteiger partial charge in [-0.2, -0.15) is 13.2 Å². The third-order valence-electron chi connectivity index (χ3n) is 4.25. The zero-order valence-corrected chi connectivity index (χ0v) is 16.3. The molecule has 0 aliphatic heterocycles. The van der Waals surface area contributed by atoms with Crippen molar-refractivity contribution in [3.05, 3.63) is 51.9 Å². The van der Waals surface area contributed by atoms with E-state index in [0.717, 1.165) is 6.07 Å². The quantitative estimate of drug-likeness (QED) is 0.558. The van der Waals surface area contributed by atoms with Gasteiger partial charge in [-0.15, -0.1) is 0 Å². The Morgan fingerprint density at radius 1 is 1.22 bits per heavy atom. The molecule has 3 rings (SSSR count). The van der Waals surface area contributed by atoms with Crippen LogP contribution in [0.2, 0.25) is 0 Å². The summed E-state index contributed by atoms with van der Waals surface area (Å²) in [5.41, 5.74) is 0.585. The van der Waals surface area contributed by atoms with Crippen LogP contribution in [0, 0.1) is 6.92 Å². The number of rotatable bonds is 4. The van der Waals surface area contributed by atoms with Crippen molar-refractivity contribution in [1.29, 1.82) is 0 Å². The van der Waals surface area contributed by atoms with Crippen molar-refractivity contribution in [1.82, 2.24) is 15.0 Å². The number of ether oxygens (including phenoxy) is 1. The maximum absolute atomic E-state index is 13.2.